The first-order valence-corrected chi connectivity index (χ1v) is 12.5. The summed E-state index contributed by atoms with van der Waals surface area (Å²) < 4.78 is 32.9. The number of sulfonamides is 1. The van der Waals surface area contributed by atoms with E-state index >= 15 is 0 Å². The summed E-state index contributed by atoms with van der Waals surface area (Å²) >= 11 is 12.0. The molecule has 0 aliphatic carbocycles. The minimum atomic E-state index is -3.74. The van der Waals surface area contributed by atoms with E-state index in [4.69, 9.17) is 27.9 Å². The molecule has 10 heteroatoms. The molecule has 0 aromatic heterocycles. The van der Waals surface area contributed by atoms with Crippen molar-refractivity contribution < 1.29 is 17.9 Å². The fourth-order valence-electron chi connectivity index (χ4n) is 4.12. The lowest BCUT2D eigenvalue weighted by Gasteiger charge is -2.35. The fraction of sp³-hybridized carbons (Fsp3) is 0.650. The molecule has 2 heterocycles. The molecule has 7 nitrogen and oxygen atoms in total. The van der Waals surface area contributed by atoms with Crippen LogP contribution in [0.1, 0.15) is 26.7 Å². The van der Waals surface area contributed by atoms with E-state index in [-0.39, 0.29) is 47.0 Å². The summed E-state index contributed by atoms with van der Waals surface area (Å²) in [6.07, 6.45) is 1.36. The highest BCUT2D eigenvalue weighted by Gasteiger charge is 2.33. The van der Waals surface area contributed by atoms with Crippen LogP contribution in [0.25, 0.3) is 0 Å². The third-order valence-electron chi connectivity index (χ3n) is 5.56. The van der Waals surface area contributed by atoms with Crippen LogP contribution in [0.4, 0.5) is 0 Å². The van der Waals surface area contributed by atoms with Crippen molar-refractivity contribution in [2.45, 2.75) is 43.8 Å². The molecule has 2 fully saturated rings. The minimum Gasteiger partial charge on any atom is -0.373 e. The van der Waals surface area contributed by atoms with Crippen molar-refractivity contribution >= 4 is 39.1 Å². The van der Waals surface area contributed by atoms with Crippen molar-refractivity contribution in [2.75, 3.05) is 39.3 Å². The average molecular weight is 478 g/mol. The molecule has 2 aliphatic heterocycles. The van der Waals surface area contributed by atoms with Crippen LogP contribution in [0.15, 0.2) is 23.1 Å². The number of benzene rings is 1. The van der Waals surface area contributed by atoms with Gasteiger partial charge in [0.2, 0.25) is 15.9 Å². The highest BCUT2D eigenvalue weighted by molar-refractivity contribution is 7.89. The van der Waals surface area contributed by atoms with Gasteiger partial charge in [0.15, 0.2) is 0 Å². The number of nitrogens with zero attached hydrogens (tertiary/aromatic N) is 2. The lowest BCUT2D eigenvalue weighted by atomic mass is 9.97. The maximum absolute atomic E-state index is 12.9. The Kier molecular flexibility index (Phi) is 8.03. The molecule has 3 rings (SSSR count). The number of piperidine rings is 1. The van der Waals surface area contributed by atoms with Crippen LogP contribution in [0.2, 0.25) is 10.0 Å². The first kappa shape index (κ1) is 23.8. The zero-order valence-corrected chi connectivity index (χ0v) is 19.6. The summed E-state index contributed by atoms with van der Waals surface area (Å²) in [5.41, 5.74) is 0. The number of nitrogens with one attached hydrogen (secondary N) is 1. The number of hydrogen-bond donors (Lipinski definition) is 1. The van der Waals surface area contributed by atoms with Gasteiger partial charge in [0, 0.05) is 50.2 Å². The van der Waals surface area contributed by atoms with Crippen molar-refractivity contribution in [3.05, 3.63) is 28.2 Å². The number of hydrogen-bond acceptors (Lipinski definition) is 5. The predicted molar refractivity (Wildman–Crippen MR) is 117 cm³/mol. The first-order chi connectivity index (χ1) is 14.2. The third kappa shape index (κ3) is 5.87. The molecular weight excluding hydrogens is 449 g/mol. The van der Waals surface area contributed by atoms with Gasteiger partial charge in [0.25, 0.3) is 0 Å². The highest BCUT2D eigenvalue weighted by atomic mass is 35.5. The summed E-state index contributed by atoms with van der Waals surface area (Å²) in [7, 11) is -3.74. The molecule has 1 aromatic rings. The second-order valence-corrected chi connectivity index (χ2v) is 10.8. The maximum atomic E-state index is 12.9. The number of carbonyl (C=O) groups is 1. The number of halogens is 2. The first-order valence-electron chi connectivity index (χ1n) is 10.3. The van der Waals surface area contributed by atoms with Gasteiger partial charge in [-0.1, -0.05) is 23.2 Å². The lowest BCUT2D eigenvalue weighted by Crippen LogP contribution is -2.48. The van der Waals surface area contributed by atoms with Gasteiger partial charge in [-0.25, -0.2) is 8.42 Å². The molecule has 30 heavy (non-hydrogen) atoms. The molecular formula is C20H29Cl2N3O4S. The number of ether oxygens (including phenoxy) is 1. The minimum absolute atomic E-state index is 0.00790. The van der Waals surface area contributed by atoms with Crippen molar-refractivity contribution in [3.63, 3.8) is 0 Å². The normalized spacial score (nSPS) is 24.7. The average Bonchev–Trinajstić information content (AvgIpc) is 2.69. The number of morpholine rings is 1. The van der Waals surface area contributed by atoms with E-state index in [2.05, 4.69) is 24.1 Å². The lowest BCUT2D eigenvalue weighted by molar-refractivity contribution is -0.126. The van der Waals surface area contributed by atoms with Crippen molar-refractivity contribution in [2.24, 2.45) is 5.92 Å². The second kappa shape index (κ2) is 10.1. The van der Waals surface area contributed by atoms with Gasteiger partial charge in [0.05, 0.1) is 17.2 Å². The van der Waals surface area contributed by atoms with Gasteiger partial charge in [-0.15, -0.1) is 0 Å². The molecule has 1 aromatic carbocycles. The van der Waals surface area contributed by atoms with Gasteiger partial charge in [-0.05, 0) is 44.9 Å². The van der Waals surface area contributed by atoms with Crippen molar-refractivity contribution in [1.82, 2.24) is 14.5 Å². The Morgan fingerprint density at radius 3 is 2.43 bits per heavy atom. The van der Waals surface area contributed by atoms with E-state index < -0.39 is 10.0 Å². The Bertz CT molecular complexity index is 850. The Morgan fingerprint density at radius 2 is 1.80 bits per heavy atom. The fourth-order valence-corrected chi connectivity index (χ4v) is 6.33. The van der Waals surface area contributed by atoms with Crippen LogP contribution >= 0.6 is 23.2 Å². The van der Waals surface area contributed by atoms with Crippen LogP contribution in [0, 0.1) is 5.92 Å². The van der Waals surface area contributed by atoms with Gasteiger partial charge >= 0.3 is 0 Å². The molecule has 2 unspecified atom stereocenters. The Labute approximate surface area is 188 Å². The SMILES string of the molecule is CC1CN(CCNC(=O)C2CCN(S(=O)(=O)c3cc(Cl)ccc3Cl)CC2)CC(C)O1. The maximum Gasteiger partial charge on any atom is 0.244 e. The summed E-state index contributed by atoms with van der Waals surface area (Å²) in [4.78, 5) is 14.8. The topological polar surface area (TPSA) is 79.0 Å². The largest absolute Gasteiger partial charge is 0.373 e. The molecule has 0 bridgehead atoms. The summed E-state index contributed by atoms with van der Waals surface area (Å²) in [5.74, 6) is -0.198. The van der Waals surface area contributed by atoms with Crippen molar-refractivity contribution in [1.29, 1.82) is 0 Å². The van der Waals surface area contributed by atoms with Crippen LogP contribution in [0.5, 0.6) is 0 Å². The van der Waals surface area contributed by atoms with E-state index in [1.54, 1.807) is 6.07 Å². The monoisotopic (exact) mass is 477 g/mol. The van der Waals surface area contributed by atoms with E-state index in [9.17, 15) is 13.2 Å². The zero-order chi connectivity index (χ0) is 21.9. The Hall–Kier alpha value is -0.900. The highest BCUT2D eigenvalue weighted by Crippen LogP contribution is 2.30. The smallest absolute Gasteiger partial charge is 0.244 e. The molecule has 2 saturated heterocycles. The van der Waals surface area contributed by atoms with Crippen LogP contribution in [0.3, 0.4) is 0 Å². The molecule has 1 N–H and O–H groups in total. The second-order valence-electron chi connectivity index (χ2n) is 8.06. The van der Waals surface area contributed by atoms with Crippen LogP contribution in [-0.4, -0.2) is 75.0 Å². The Morgan fingerprint density at radius 1 is 1.17 bits per heavy atom. The molecule has 0 spiro atoms. The molecule has 0 radical (unpaired) electrons. The summed E-state index contributed by atoms with van der Waals surface area (Å²) in [6.45, 7) is 7.76. The number of amides is 1. The number of carbonyl (C=O) groups excluding carboxylic acids is 1. The van der Waals surface area contributed by atoms with E-state index in [1.165, 1.54) is 16.4 Å². The molecule has 168 valence electrons. The molecule has 2 atom stereocenters. The van der Waals surface area contributed by atoms with Gasteiger partial charge < -0.3 is 10.1 Å². The zero-order valence-electron chi connectivity index (χ0n) is 17.3. The predicted octanol–water partition coefficient (Wildman–Crippen LogP) is 2.62. The van der Waals surface area contributed by atoms with Gasteiger partial charge in [-0.2, -0.15) is 4.31 Å². The van der Waals surface area contributed by atoms with Crippen molar-refractivity contribution in [3.8, 4) is 0 Å². The van der Waals surface area contributed by atoms with Gasteiger partial charge in [-0.3, -0.25) is 9.69 Å². The standard InChI is InChI=1S/C20H29Cl2N3O4S/c1-14-12-24(13-15(2)29-14)10-7-23-20(26)16-5-8-25(9-6-16)30(27,28)19-11-17(21)3-4-18(19)22/h3-4,11,14-16H,5-10,12-13H2,1-2H3,(H,23,26). The summed E-state index contributed by atoms with van der Waals surface area (Å²) in [6, 6.07) is 4.40. The molecule has 0 saturated carbocycles. The van der Waals surface area contributed by atoms with E-state index in [0.717, 1.165) is 19.6 Å². The quantitative estimate of drug-likeness (QED) is 0.680. The van der Waals surface area contributed by atoms with E-state index in [0.29, 0.717) is 24.4 Å². The number of rotatable bonds is 6. The van der Waals surface area contributed by atoms with Crippen LogP contribution < -0.4 is 5.32 Å². The molecule has 1 amide bonds. The van der Waals surface area contributed by atoms with Crippen LogP contribution in [-0.2, 0) is 19.6 Å². The molecule has 2 aliphatic rings. The Balaban J connectivity index is 1.48. The third-order valence-corrected chi connectivity index (χ3v) is 8.17. The van der Waals surface area contributed by atoms with Gasteiger partial charge in [0.1, 0.15) is 4.90 Å². The summed E-state index contributed by atoms with van der Waals surface area (Å²) in [5, 5.41) is 3.46. The van der Waals surface area contributed by atoms with E-state index in [1.807, 2.05) is 0 Å².